The van der Waals surface area contributed by atoms with Crippen molar-refractivity contribution in [3.8, 4) is 0 Å². The molecule has 0 unspecified atom stereocenters. The predicted molar refractivity (Wildman–Crippen MR) is 92.8 cm³/mol. The molecule has 0 fully saturated rings. The highest BCUT2D eigenvalue weighted by Crippen LogP contribution is 2.24. The monoisotopic (exact) mass is 357 g/mol. The molecule has 1 N–H and O–H groups in total. The Morgan fingerprint density at radius 3 is 2.50 bits per heavy atom. The van der Waals surface area contributed by atoms with Crippen molar-refractivity contribution in [3.05, 3.63) is 57.2 Å². The number of carbonyl (C=O) groups excluding carboxylic acids is 2. The van der Waals surface area contributed by atoms with Crippen molar-refractivity contribution in [2.45, 2.75) is 5.16 Å². The fourth-order valence-electron chi connectivity index (χ4n) is 2.59. The van der Waals surface area contributed by atoms with Gasteiger partial charge in [-0.05, 0) is 23.6 Å². The van der Waals surface area contributed by atoms with Crippen LogP contribution >= 0.6 is 23.1 Å². The number of nitrogens with one attached hydrogen (secondary N) is 1. The van der Waals surface area contributed by atoms with Crippen LogP contribution in [0.15, 0.2) is 45.7 Å². The maximum absolute atomic E-state index is 12.3. The van der Waals surface area contributed by atoms with Crippen LogP contribution in [0.25, 0.3) is 10.2 Å². The lowest BCUT2D eigenvalue weighted by Crippen LogP contribution is -2.31. The molecule has 0 bridgehead atoms. The summed E-state index contributed by atoms with van der Waals surface area (Å²) in [6, 6.07) is 8.54. The summed E-state index contributed by atoms with van der Waals surface area (Å²) >= 11 is 2.72. The second-order valence-electron chi connectivity index (χ2n) is 5.17. The van der Waals surface area contributed by atoms with Crippen molar-refractivity contribution in [1.82, 2.24) is 14.9 Å². The number of imide groups is 1. The van der Waals surface area contributed by atoms with Crippen LogP contribution in [0.3, 0.4) is 0 Å². The number of carbonyl (C=O) groups is 2. The topological polar surface area (TPSA) is 83.1 Å². The third kappa shape index (κ3) is 2.44. The molecule has 0 saturated carbocycles. The average Bonchev–Trinajstić information content (AvgIpc) is 3.14. The smallest absolute Gasteiger partial charge is 0.261 e. The molecule has 0 atom stereocenters. The van der Waals surface area contributed by atoms with Crippen LogP contribution < -0.4 is 5.56 Å². The van der Waals surface area contributed by atoms with E-state index in [1.54, 1.807) is 30.3 Å². The summed E-state index contributed by atoms with van der Waals surface area (Å²) in [4.78, 5) is 45.5. The van der Waals surface area contributed by atoms with Gasteiger partial charge in [-0.3, -0.25) is 19.3 Å². The van der Waals surface area contributed by atoms with Gasteiger partial charge in [-0.25, -0.2) is 4.98 Å². The number of H-pyrrole nitrogens is 1. The first-order chi connectivity index (χ1) is 11.6. The molecule has 2 amide bonds. The van der Waals surface area contributed by atoms with Gasteiger partial charge in [0.25, 0.3) is 17.4 Å². The minimum atomic E-state index is -0.272. The van der Waals surface area contributed by atoms with Gasteiger partial charge >= 0.3 is 0 Å². The van der Waals surface area contributed by atoms with E-state index in [4.69, 9.17) is 0 Å². The number of aromatic amines is 1. The number of hydrogen-bond acceptors (Lipinski definition) is 6. The van der Waals surface area contributed by atoms with Crippen LogP contribution in [0.4, 0.5) is 0 Å². The van der Waals surface area contributed by atoms with Crippen LogP contribution in [0.2, 0.25) is 0 Å². The molecule has 6 nitrogen and oxygen atoms in total. The minimum Gasteiger partial charge on any atom is -0.301 e. The number of thiophene rings is 1. The first-order valence-corrected chi connectivity index (χ1v) is 9.07. The van der Waals surface area contributed by atoms with Crippen molar-refractivity contribution in [3.63, 3.8) is 0 Å². The minimum absolute atomic E-state index is 0.176. The number of rotatable bonds is 4. The number of hydrogen-bond donors (Lipinski definition) is 1. The molecule has 0 radical (unpaired) electrons. The lowest BCUT2D eigenvalue weighted by molar-refractivity contribution is 0.0664. The van der Waals surface area contributed by atoms with Crippen LogP contribution in [0.1, 0.15) is 20.7 Å². The van der Waals surface area contributed by atoms with Crippen LogP contribution in [-0.4, -0.2) is 39.0 Å². The third-order valence-electron chi connectivity index (χ3n) is 3.74. The molecule has 8 heteroatoms. The summed E-state index contributed by atoms with van der Waals surface area (Å²) < 4.78 is 0. The number of aromatic nitrogens is 2. The highest BCUT2D eigenvalue weighted by Gasteiger charge is 2.34. The second-order valence-corrected chi connectivity index (χ2v) is 7.14. The summed E-state index contributed by atoms with van der Waals surface area (Å²) in [5.41, 5.74) is 0.711. The molecule has 4 rings (SSSR count). The molecular weight excluding hydrogens is 346 g/mol. The standard InChI is InChI=1S/C16H11N3O3S2/c20-12-11-5-7-23-13(11)18-16(17-12)24-8-6-19-14(21)9-3-1-2-4-10(9)15(19)22/h1-5,7H,6,8H2,(H,17,18,20). The summed E-state index contributed by atoms with van der Waals surface area (Å²) in [5, 5.41) is 2.89. The molecule has 0 saturated heterocycles. The maximum atomic E-state index is 12.3. The first kappa shape index (κ1) is 15.1. The van der Waals surface area contributed by atoms with E-state index >= 15 is 0 Å². The van der Waals surface area contributed by atoms with Gasteiger partial charge in [0.1, 0.15) is 4.83 Å². The lowest BCUT2D eigenvalue weighted by Gasteiger charge is -2.12. The number of thioether (sulfide) groups is 1. The molecule has 3 aromatic rings. The van der Waals surface area contributed by atoms with E-state index in [9.17, 15) is 14.4 Å². The number of benzene rings is 1. The van der Waals surface area contributed by atoms with Gasteiger partial charge in [0.05, 0.1) is 16.5 Å². The van der Waals surface area contributed by atoms with Crippen molar-refractivity contribution in [2.24, 2.45) is 0 Å². The molecule has 120 valence electrons. The van der Waals surface area contributed by atoms with Gasteiger partial charge in [0, 0.05) is 12.3 Å². The molecule has 3 heterocycles. The Balaban J connectivity index is 1.47. The zero-order chi connectivity index (χ0) is 16.7. The molecule has 2 aromatic heterocycles. The summed E-state index contributed by atoms with van der Waals surface area (Å²) in [6.45, 7) is 0.267. The Morgan fingerprint density at radius 2 is 1.79 bits per heavy atom. The summed E-state index contributed by atoms with van der Waals surface area (Å²) in [7, 11) is 0. The van der Waals surface area contributed by atoms with E-state index in [0.29, 0.717) is 32.3 Å². The summed E-state index contributed by atoms with van der Waals surface area (Å²) in [6.07, 6.45) is 0. The van der Waals surface area contributed by atoms with Crippen LogP contribution in [0, 0.1) is 0 Å². The third-order valence-corrected chi connectivity index (χ3v) is 5.40. The van der Waals surface area contributed by atoms with Gasteiger partial charge < -0.3 is 4.98 Å². The highest BCUT2D eigenvalue weighted by atomic mass is 32.2. The van der Waals surface area contributed by atoms with Crippen LogP contribution in [0.5, 0.6) is 0 Å². The van der Waals surface area contributed by atoms with Gasteiger partial charge in [-0.1, -0.05) is 23.9 Å². The van der Waals surface area contributed by atoms with Gasteiger partial charge in [-0.2, -0.15) is 0 Å². The molecule has 24 heavy (non-hydrogen) atoms. The van der Waals surface area contributed by atoms with E-state index in [1.165, 1.54) is 28.0 Å². The Labute approximate surface area is 144 Å². The summed E-state index contributed by atoms with van der Waals surface area (Å²) in [5.74, 6) is -0.0802. The second kappa shape index (κ2) is 5.88. The molecule has 0 spiro atoms. The quantitative estimate of drug-likeness (QED) is 0.440. The number of nitrogens with zero attached hydrogens (tertiary/aromatic N) is 2. The first-order valence-electron chi connectivity index (χ1n) is 7.21. The number of amides is 2. The largest absolute Gasteiger partial charge is 0.301 e. The highest BCUT2D eigenvalue weighted by molar-refractivity contribution is 7.99. The Morgan fingerprint density at radius 1 is 1.08 bits per heavy atom. The molecule has 1 aromatic carbocycles. The molecule has 1 aliphatic heterocycles. The Hall–Kier alpha value is -2.45. The lowest BCUT2D eigenvalue weighted by atomic mass is 10.1. The molecular formula is C16H11N3O3S2. The zero-order valence-corrected chi connectivity index (χ0v) is 13.9. The van der Waals surface area contributed by atoms with E-state index in [-0.39, 0.29) is 23.9 Å². The van der Waals surface area contributed by atoms with E-state index in [2.05, 4.69) is 9.97 Å². The van der Waals surface area contributed by atoms with Crippen molar-refractivity contribution >= 4 is 45.1 Å². The fourth-order valence-corrected chi connectivity index (χ4v) is 4.20. The fraction of sp³-hybridized carbons (Fsp3) is 0.125. The average molecular weight is 357 g/mol. The van der Waals surface area contributed by atoms with E-state index in [0.717, 1.165) is 0 Å². The molecule has 1 aliphatic rings. The SMILES string of the molecule is O=C1c2ccccc2C(=O)N1CCSc1nc2sccc2c(=O)[nH]1. The zero-order valence-electron chi connectivity index (χ0n) is 12.3. The van der Waals surface area contributed by atoms with E-state index in [1.807, 2.05) is 5.38 Å². The Bertz CT molecular complexity index is 990. The van der Waals surface area contributed by atoms with Crippen LogP contribution in [-0.2, 0) is 0 Å². The normalized spacial score (nSPS) is 13.8. The van der Waals surface area contributed by atoms with Gasteiger partial charge in [-0.15, -0.1) is 11.3 Å². The van der Waals surface area contributed by atoms with Crippen molar-refractivity contribution < 1.29 is 9.59 Å². The Kier molecular flexibility index (Phi) is 3.70. The molecule has 0 aliphatic carbocycles. The van der Waals surface area contributed by atoms with Gasteiger partial charge in [0.15, 0.2) is 5.16 Å². The predicted octanol–water partition coefficient (Wildman–Crippen LogP) is 2.37. The number of fused-ring (bicyclic) bond motifs is 2. The van der Waals surface area contributed by atoms with Gasteiger partial charge in [0.2, 0.25) is 0 Å². The van der Waals surface area contributed by atoms with Crippen molar-refractivity contribution in [1.29, 1.82) is 0 Å². The maximum Gasteiger partial charge on any atom is 0.261 e. The van der Waals surface area contributed by atoms with E-state index < -0.39 is 0 Å². The van der Waals surface area contributed by atoms with Crippen molar-refractivity contribution in [2.75, 3.05) is 12.3 Å².